The van der Waals surface area contributed by atoms with Crippen LogP contribution in [0.2, 0.25) is 0 Å². The van der Waals surface area contributed by atoms with Crippen LogP contribution in [0.3, 0.4) is 0 Å². The minimum absolute atomic E-state index is 0.148. The second-order valence-corrected chi connectivity index (χ2v) is 4.73. The third-order valence-electron chi connectivity index (χ3n) is 2.69. The number of carbonyl (C=O) groups is 2. The smallest absolute Gasteiger partial charge is 0.254 e. The summed E-state index contributed by atoms with van der Waals surface area (Å²) in [6.07, 6.45) is 3.79. The first-order chi connectivity index (χ1) is 8.15. The maximum atomic E-state index is 11.5. The van der Waals surface area contributed by atoms with Crippen LogP contribution >= 0.6 is 11.3 Å². The second kappa shape index (κ2) is 3.53. The Balaban J connectivity index is 2.13. The van der Waals surface area contributed by atoms with Crippen LogP contribution in [-0.4, -0.2) is 21.2 Å². The molecular formula is C11H9N3O2S. The minimum atomic E-state index is -0.306. The van der Waals surface area contributed by atoms with Gasteiger partial charge in [0.2, 0.25) is 5.91 Å². The predicted octanol–water partition coefficient (Wildman–Crippen LogP) is 1.13. The van der Waals surface area contributed by atoms with Crippen LogP contribution in [0, 0.1) is 6.92 Å². The Morgan fingerprint density at radius 1 is 1.53 bits per heavy atom. The molecule has 6 heteroatoms. The Bertz CT molecular complexity index is 665. The molecule has 0 aliphatic carbocycles. The number of imide groups is 1. The summed E-state index contributed by atoms with van der Waals surface area (Å²) in [6.45, 7) is 1.89. The summed E-state index contributed by atoms with van der Waals surface area (Å²) in [5.41, 5.74) is 2.21. The Morgan fingerprint density at radius 2 is 2.35 bits per heavy atom. The molecule has 0 spiro atoms. The second-order valence-electron chi connectivity index (χ2n) is 3.86. The number of imidazole rings is 1. The molecule has 0 unspecified atom stereocenters. The van der Waals surface area contributed by atoms with E-state index in [-0.39, 0.29) is 18.2 Å². The van der Waals surface area contributed by atoms with Crippen molar-refractivity contribution in [2.75, 3.05) is 0 Å². The van der Waals surface area contributed by atoms with Crippen LogP contribution in [0.1, 0.15) is 17.8 Å². The molecule has 3 heterocycles. The first kappa shape index (κ1) is 10.2. The number of thiazole rings is 1. The van der Waals surface area contributed by atoms with Crippen LogP contribution in [-0.2, 0) is 9.59 Å². The molecule has 0 atom stereocenters. The molecule has 2 aromatic rings. The van der Waals surface area contributed by atoms with E-state index in [0.29, 0.717) is 5.57 Å². The van der Waals surface area contributed by atoms with Crippen LogP contribution < -0.4 is 5.32 Å². The van der Waals surface area contributed by atoms with Crippen molar-refractivity contribution in [1.29, 1.82) is 0 Å². The molecule has 0 aromatic carbocycles. The average molecular weight is 247 g/mol. The van der Waals surface area contributed by atoms with Crippen molar-refractivity contribution in [3.05, 3.63) is 28.5 Å². The van der Waals surface area contributed by atoms with Gasteiger partial charge in [-0.2, -0.15) is 0 Å². The molecule has 1 aliphatic rings. The molecule has 1 N–H and O–H groups in total. The summed E-state index contributed by atoms with van der Waals surface area (Å²) in [4.78, 5) is 27.8. The van der Waals surface area contributed by atoms with Gasteiger partial charge in [-0.3, -0.25) is 19.3 Å². The molecule has 1 fully saturated rings. The third-order valence-corrected chi connectivity index (χ3v) is 3.45. The Labute approximate surface area is 101 Å². The summed E-state index contributed by atoms with van der Waals surface area (Å²) < 4.78 is 1.92. The highest BCUT2D eigenvalue weighted by atomic mass is 32.1. The third kappa shape index (κ3) is 1.57. The lowest BCUT2D eigenvalue weighted by Gasteiger charge is -1.95. The number of hydrogen-bond acceptors (Lipinski definition) is 4. The molecule has 2 aromatic heterocycles. The average Bonchev–Trinajstić information content (AvgIpc) is 2.88. The lowest BCUT2D eigenvalue weighted by Crippen LogP contribution is -2.19. The van der Waals surface area contributed by atoms with Crippen LogP contribution in [0.4, 0.5) is 0 Å². The van der Waals surface area contributed by atoms with Crippen molar-refractivity contribution < 1.29 is 9.59 Å². The predicted molar refractivity (Wildman–Crippen MR) is 63.5 cm³/mol. The van der Waals surface area contributed by atoms with Crippen LogP contribution in [0.15, 0.2) is 17.2 Å². The van der Waals surface area contributed by atoms with Gasteiger partial charge in [0, 0.05) is 17.2 Å². The first-order valence-electron chi connectivity index (χ1n) is 5.12. The van der Waals surface area contributed by atoms with E-state index in [1.165, 1.54) is 11.3 Å². The van der Waals surface area contributed by atoms with Crippen LogP contribution in [0.5, 0.6) is 0 Å². The van der Waals surface area contributed by atoms with Gasteiger partial charge < -0.3 is 0 Å². The molecular weight excluding hydrogens is 238 g/mol. The van der Waals surface area contributed by atoms with Crippen molar-refractivity contribution in [3.63, 3.8) is 0 Å². The van der Waals surface area contributed by atoms with E-state index in [1.807, 2.05) is 22.9 Å². The van der Waals surface area contributed by atoms with Crippen molar-refractivity contribution in [3.8, 4) is 0 Å². The number of fused-ring (bicyclic) bond motifs is 1. The molecule has 86 valence electrons. The molecule has 0 saturated carbocycles. The number of rotatable bonds is 1. The highest BCUT2D eigenvalue weighted by molar-refractivity contribution is 7.15. The van der Waals surface area contributed by atoms with Gasteiger partial charge in [-0.05, 0) is 13.0 Å². The number of aromatic nitrogens is 2. The molecule has 2 amide bonds. The van der Waals surface area contributed by atoms with E-state index in [4.69, 9.17) is 0 Å². The summed E-state index contributed by atoms with van der Waals surface area (Å²) in [7, 11) is 0. The summed E-state index contributed by atoms with van der Waals surface area (Å²) in [5.74, 6) is -0.551. The quantitative estimate of drug-likeness (QED) is 0.607. The van der Waals surface area contributed by atoms with Crippen molar-refractivity contribution in [1.82, 2.24) is 14.7 Å². The fraction of sp³-hybridized carbons (Fsp3) is 0.182. The molecule has 0 bridgehead atoms. The van der Waals surface area contributed by atoms with E-state index in [9.17, 15) is 9.59 Å². The Morgan fingerprint density at radius 3 is 3.06 bits per heavy atom. The van der Waals surface area contributed by atoms with E-state index < -0.39 is 0 Å². The lowest BCUT2D eigenvalue weighted by atomic mass is 10.1. The number of carbonyl (C=O) groups excluding carboxylic acids is 2. The Kier molecular flexibility index (Phi) is 2.12. The van der Waals surface area contributed by atoms with Crippen molar-refractivity contribution in [2.45, 2.75) is 13.3 Å². The van der Waals surface area contributed by atoms with Gasteiger partial charge in [-0.1, -0.05) is 0 Å². The van der Waals surface area contributed by atoms with Gasteiger partial charge >= 0.3 is 0 Å². The zero-order chi connectivity index (χ0) is 12.0. The van der Waals surface area contributed by atoms with E-state index >= 15 is 0 Å². The van der Waals surface area contributed by atoms with E-state index in [2.05, 4.69) is 10.3 Å². The standard InChI is InChI=1S/C11H9N3O2S/c1-6-8(14-2-3-17-11(14)12-6)4-7-5-9(15)13-10(7)16/h2-4H,5H2,1H3,(H,13,15,16). The maximum absolute atomic E-state index is 11.5. The number of nitrogens with one attached hydrogen (secondary N) is 1. The molecule has 3 rings (SSSR count). The Hall–Kier alpha value is -1.95. The van der Waals surface area contributed by atoms with Gasteiger partial charge in [-0.15, -0.1) is 11.3 Å². The summed E-state index contributed by atoms with van der Waals surface area (Å²) in [5, 5.41) is 4.20. The van der Waals surface area contributed by atoms with Gasteiger partial charge in [0.1, 0.15) is 0 Å². The summed E-state index contributed by atoms with van der Waals surface area (Å²) in [6, 6.07) is 0. The van der Waals surface area contributed by atoms with Crippen LogP contribution in [0.25, 0.3) is 11.0 Å². The normalized spacial score (nSPS) is 18.3. The van der Waals surface area contributed by atoms with Gasteiger partial charge in [-0.25, -0.2) is 4.98 Å². The van der Waals surface area contributed by atoms with E-state index in [0.717, 1.165) is 16.3 Å². The zero-order valence-electron chi connectivity index (χ0n) is 9.06. The highest BCUT2D eigenvalue weighted by Gasteiger charge is 2.24. The molecule has 0 radical (unpaired) electrons. The molecule has 1 saturated heterocycles. The monoisotopic (exact) mass is 247 g/mol. The van der Waals surface area contributed by atoms with E-state index in [1.54, 1.807) is 6.08 Å². The topological polar surface area (TPSA) is 63.5 Å². The van der Waals surface area contributed by atoms with Gasteiger partial charge in [0.15, 0.2) is 4.96 Å². The number of aryl methyl sites for hydroxylation is 1. The molecule has 17 heavy (non-hydrogen) atoms. The highest BCUT2D eigenvalue weighted by Crippen LogP contribution is 2.21. The van der Waals surface area contributed by atoms with Gasteiger partial charge in [0.05, 0.1) is 17.8 Å². The number of nitrogens with zero attached hydrogens (tertiary/aromatic N) is 2. The number of hydrogen-bond donors (Lipinski definition) is 1. The van der Waals surface area contributed by atoms with Gasteiger partial charge in [0.25, 0.3) is 5.91 Å². The van der Waals surface area contributed by atoms with Crippen molar-refractivity contribution in [2.24, 2.45) is 0 Å². The maximum Gasteiger partial charge on any atom is 0.254 e. The van der Waals surface area contributed by atoms with Crippen molar-refractivity contribution >= 4 is 34.2 Å². The fourth-order valence-electron chi connectivity index (χ4n) is 1.87. The largest absolute Gasteiger partial charge is 0.292 e. The zero-order valence-corrected chi connectivity index (χ0v) is 9.87. The molecule has 5 nitrogen and oxygen atoms in total. The summed E-state index contributed by atoms with van der Waals surface area (Å²) >= 11 is 1.54. The minimum Gasteiger partial charge on any atom is -0.292 e. The fourth-order valence-corrected chi connectivity index (χ4v) is 2.64. The lowest BCUT2D eigenvalue weighted by molar-refractivity contribution is -0.124. The first-order valence-corrected chi connectivity index (χ1v) is 6.00. The number of amides is 2. The molecule has 1 aliphatic heterocycles. The SMILES string of the molecule is Cc1nc2sccn2c1C=C1CC(=O)NC1=O.